The molecule has 136 valence electrons. The number of aryl methyl sites for hydroxylation is 1. The molecule has 0 spiro atoms. The highest BCUT2D eigenvalue weighted by Gasteiger charge is 2.09. The molecule has 0 radical (unpaired) electrons. The molecule has 0 bridgehead atoms. The summed E-state index contributed by atoms with van der Waals surface area (Å²) in [5, 5.41) is 18.9. The van der Waals surface area contributed by atoms with Crippen LogP contribution in [0, 0.1) is 18.3 Å². The SMILES string of the molecule is Cc1ccc(OCc2nc(SCC(=O)Nc3ccc(C#N)cc3)n[nH]2)cc1. The number of benzene rings is 2. The summed E-state index contributed by atoms with van der Waals surface area (Å²) in [6.07, 6.45) is 0. The van der Waals surface area contributed by atoms with E-state index in [-0.39, 0.29) is 18.3 Å². The third kappa shape index (κ3) is 5.59. The number of ether oxygens (including phenoxy) is 1. The van der Waals surface area contributed by atoms with Gasteiger partial charge in [-0.2, -0.15) is 5.26 Å². The molecular formula is C19H17N5O2S. The van der Waals surface area contributed by atoms with Crippen LogP contribution in [0.5, 0.6) is 5.75 Å². The van der Waals surface area contributed by atoms with Gasteiger partial charge in [-0.25, -0.2) is 4.98 Å². The van der Waals surface area contributed by atoms with Gasteiger partial charge in [0, 0.05) is 5.69 Å². The molecule has 2 N–H and O–H groups in total. The Hall–Kier alpha value is -3.31. The van der Waals surface area contributed by atoms with Crippen molar-refractivity contribution in [2.24, 2.45) is 0 Å². The Balaban J connectivity index is 1.45. The standard InChI is InChI=1S/C19H17N5O2S/c1-13-2-8-16(9-3-13)26-11-17-22-19(24-23-17)27-12-18(25)21-15-6-4-14(10-20)5-7-15/h2-9H,11-12H2,1H3,(H,21,25)(H,22,23,24). The Morgan fingerprint density at radius 1 is 1.22 bits per heavy atom. The second kappa shape index (κ2) is 8.87. The smallest absolute Gasteiger partial charge is 0.234 e. The summed E-state index contributed by atoms with van der Waals surface area (Å²) in [6, 6.07) is 16.5. The van der Waals surface area contributed by atoms with E-state index in [2.05, 4.69) is 20.5 Å². The molecule has 1 heterocycles. The van der Waals surface area contributed by atoms with E-state index in [1.165, 1.54) is 17.3 Å². The fraction of sp³-hybridized carbons (Fsp3) is 0.158. The van der Waals surface area contributed by atoms with Crippen LogP contribution in [-0.2, 0) is 11.4 Å². The number of hydrogen-bond acceptors (Lipinski definition) is 6. The largest absolute Gasteiger partial charge is 0.486 e. The van der Waals surface area contributed by atoms with Crippen molar-refractivity contribution in [2.45, 2.75) is 18.7 Å². The number of nitrogens with one attached hydrogen (secondary N) is 2. The van der Waals surface area contributed by atoms with Crippen LogP contribution in [0.3, 0.4) is 0 Å². The Morgan fingerprint density at radius 2 is 1.96 bits per heavy atom. The van der Waals surface area contributed by atoms with E-state index in [1.54, 1.807) is 24.3 Å². The Morgan fingerprint density at radius 3 is 2.67 bits per heavy atom. The maximum Gasteiger partial charge on any atom is 0.234 e. The molecule has 0 aliphatic rings. The Bertz CT molecular complexity index is 945. The van der Waals surface area contributed by atoms with Crippen LogP contribution in [0.4, 0.5) is 5.69 Å². The van der Waals surface area contributed by atoms with Gasteiger partial charge in [-0.05, 0) is 43.3 Å². The number of carbonyl (C=O) groups is 1. The van der Waals surface area contributed by atoms with Crippen LogP contribution in [0.1, 0.15) is 17.0 Å². The van der Waals surface area contributed by atoms with E-state index in [1.807, 2.05) is 37.3 Å². The van der Waals surface area contributed by atoms with E-state index in [9.17, 15) is 4.79 Å². The van der Waals surface area contributed by atoms with Gasteiger partial charge in [0.2, 0.25) is 11.1 Å². The van der Waals surface area contributed by atoms with Crippen LogP contribution < -0.4 is 10.1 Å². The zero-order valence-corrected chi connectivity index (χ0v) is 15.4. The first-order chi connectivity index (χ1) is 13.1. The second-order valence-electron chi connectivity index (χ2n) is 5.69. The molecule has 0 saturated heterocycles. The first-order valence-corrected chi connectivity index (χ1v) is 9.14. The lowest BCUT2D eigenvalue weighted by Crippen LogP contribution is -2.14. The normalized spacial score (nSPS) is 10.2. The van der Waals surface area contributed by atoms with E-state index in [0.29, 0.717) is 22.2 Å². The van der Waals surface area contributed by atoms with Crippen LogP contribution in [0.15, 0.2) is 53.7 Å². The third-order valence-corrected chi connectivity index (χ3v) is 4.39. The monoisotopic (exact) mass is 379 g/mol. The Labute approximate surface area is 160 Å². The van der Waals surface area contributed by atoms with E-state index in [4.69, 9.17) is 10.00 Å². The predicted octanol–water partition coefficient (Wildman–Crippen LogP) is 3.29. The number of H-pyrrole nitrogens is 1. The quantitative estimate of drug-likeness (QED) is 0.611. The zero-order chi connectivity index (χ0) is 19.1. The molecule has 3 rings (SSSR count). The summed E-state index contributed by atoms with van der Waals surface area (Å²) in [4.78, 5) is 16.3. The van der Waals surface area contributed by atoms with Crippen LogP contribution in [0.25, 0.3) is 0 Å². The summed E-state index contributed by atoms with van der Waals surface area (Å²) < 4.78 is 5.64. The zero-order valence-electron chi connectivity index (χ0n) is 14.6. The van der Waals surface area contributed by atoms with Crippen molar-refractivity contribution in [2.75, 3.05) is 11.1 Å². The maximum absolute atomic E-state index is 12.0. The van der Waals surface area contributed by atoms with Gasteiger partial charge < -0.3 is 10.1 Å². The number of hydrogen-bond donors (Lipinski definition) is 2. The highest BCUT2D eigenvalue weighted by Crippen LogP contribution is 2.16. The summed E-state index contributed by atoms with van der Waals surface area (Å²) in [7, 11) is 0. The topological polar surface area (TPSA) is 104 Å². The average molecular weight is 379 g/mol. The fourth-order valence-electron chi connectivity index (χ4n) is 2.15. The minimum Gasteiger partial charge on any atom is -0.486 e. The van der Waals surface area contributed by atoms with Gasteiger partial charge in [0.1, 0.15) is 12.4 Å². The van der Waals surface area contributed by atoms with Crippen molar-refractivity contribution >= 4 is 23.4 Å². The summed E-state index contributed by atoms with van der Waals surface area (Å²) in [6.45, 7) is 2.29. The van der Waals surface area contributed by atoms with Crippen molar-refractivity contribution in [3.05, 3.63) is 65.5 Å². The fourth-order valence-corrected chi connectivity index (χ4v) is 2.77. The van der Waals surface area contributed by atoms with Crippen molar-refractivity contribution in [1.82, 2.24) is 15.2 Å². The molecule has 1 amide bonds. The number of thioether (sulfide) groups is 1. The number of nitrogens with zero attached hydrogens (tertiary/aromatic N) is 3. The number of aromatic nitrogens is 3. The lowest BCUT2D eigenvalue weighted by Gasteiger charge is -2.04. The molecule has 1 aromatic heterocycles. The molecule has 2 aromatic carbocycles. The lowest BCUT2D eigenvalue weighted by molar-refractivity contribution is -0.113. The number of rotatable bonds is 7. The van der Waals surface area contributed by atoms with Crippen LogP contribution >= 0.6 is 11.8 Å². The average Bonchev–Trinajstić information content (AvgIpc) is 3.14. The molecule has 0 atom stereocenters. The molecule has 0 aliphatic carbocycles. The van der Waals surface area contributed by atoms with Gasteiger partial charge in [-0.15, -0.1) is 5.10 Å². The minimum atomic E-state index is -0.174. The molecule has 8 heteroatoms. The van der Waals surface area contributed by atoms with Gasteiger partial charge in [0.15, 0.2) is 5.82 Å². The lowest BCUT2D eigenvalue weighted by atomic mass is 10.2. The summed E-state index contributed by atoms with van der Waals surface area (Å²) in [5.74, 6) is 1.35. The Kier molecular flexibility index (Phi) is 6.07. The molecule has 0 unspecified atom stereocenters. The minimum absolute atomic E-state index is 0.174. The van der Waals surface area contributed by atoms with Gasteiger partial charge in [-0.3, -0.25) is 9.89 Å². The van der Waals surface area contributed by atoms with Gasteiger partial charge in [0.05, 0.1) is 17.4 Å². The second-order valence-corrected chi connectivity index (χ2v) is 6.63. The number of carbonyl (C=O) groups excluding carboxylic acids is 1. The molecule has 0 saturated carbocycles. The summed E-state index contributed by atoms with van der Waals surface area (Å²) in [5.41, 5.74) is 2.35. The van der Waals surface area contributed by atoms with Crippen molar-refractivity contribution in [3.63, 3.8) is 0 Å². The molecular weight excluding hydrogens is 362 g/mol. The summed E-state index contributed by atoms with van der Waals surface area (Å²) >= 11 is 1.23. The maximum atomic E-state index is 12.0. The van der Waals surface area contributed by atoms with E-state index in [0.717, 1.165) is 5.75 Å². The molecule has 0 aliphatic heterocycles. The molecule has 27 heavy (non-hydrogen) atoms. The van der Waals surface area contributed by atoms with Crippen molar-refractivity contribution in [1.29, 1.82) is 5.26 Å². The number of aromatic amines is 1. The van der Waals surface area contributed by atoms with Gasteiger partial charge >= 0.3 is 0 Å². The third-order valence-electron chi connectivity index (χ3n) is 3.54. The highest BCUT2D eigenvalue weighted by atomic mass is 32.2. The van der Waals surface area contributed by atoms with Gasteiger partial charge in [-0.1, -0.05) is 29.5 Å². The van der Waals surface area contributed by atoms with Gasteiger partial charge in [0.25, 0.3) is 0 Å². The molecule has 0 fully saturated rings. The van der Waals surface area contributed by atoms with E-state index >= 15 is 0 Å². The van der Waals surface area contributed by atoms with E-state index < -0.39 is 0 Å². The molecule has 7 nitrogen and oxygen atoms in total. The molecule has 3 aromatic rings. The highest BCUT2D eigenvalue weighted by molar-refractivity contribution is 7.99. The first kappa shape index (κ1) is 18.5. The number of nitriles is 1. The number of anilines is 1. The first-order valence-electron chi connectivity index (χ1n) is 8.16. The predicted molar refractivity (Wildman–Crippen MR) is 102 cm³/mol. The van der Waals surface area contributed by atoms with Crippen molar-refractivity contribution < 1.29 is 9.53 Å². The number of amides is 1. The van der Waals surface area contributed by atoms with Crippen LogP contribution in [0.2, 0.25) is 0 Å². The van der Waals surface area contributed by atoms with Crippen LogP contribution in [-0.4, -0.2) is 26.8 Å². The van der Waals surface area contributed by atoms with Crippen molar-refractivity contribution in [3.8, 4) is 11.8 Å².